The van der Waals surface area contributed by atoms with E-state index in [1.807, 2.05) is 24.5 Å². The van der Waals surface area contributed by atoms with Gasteiger partial charge in [0.15, 0.2) is 11.5 Å². The average molecular weight is 439 g/mol. The Hall–Kier alpha value is -3.65. The lowest BCUT2D eigenvalue weighted by Gasteiger charge is -2.13. The van der Waals surface area contributed by atoms with Gasteiger partial charge in [-0.05, 0) is 54.8 Å². The summed E-state index contributed by atoms with van der Waals surface area (Å²) < 4.78 is 15.8. The van der Waals surface area contributed by atoms with Crippen LogP contribution in [0.15, 0.2) is 75.9 Å². The third kappa shape index (κ3) is 5.70. The number of methoxy groups -OCH3 is 2. The van der Waals surface area contributed by atoms with Crippen molar-refractivity contribution in [2.45, 2.75) is 4.90 Å². The van der Waals surface area contributed by atoms with Crippen LogP contribution in [0.25, 0.3) is 6.08 Å². The van der Waals surface area contributed by atoms with Crippen LogP contribution in [-0.2, 0) is 4.79 Å². The molecule has 2 aromatic carbocycles. The molecule has 3 rings (SSSR count). The van der Waals surface area contributed by atoms with Crippen molar-refractivity contribution in [1.82, 2.24) is 5.32 Å². The second-order valence-electron chi connectivity index (χ2n) is 6.28. The number of carbonyl (C=O) groups excluding carboxylic acids is 2. The molecular formula is C23H22N2O5S. The fourth-order valence-electron chi connectivity index (χ4n) is 2.75. The van der Waals surface area contributed by atoms with Crippen LogP contribution in [0.3, 0.4) is 0 Å². The number of benzene rings is 2. The van der Waals surface area contributed by atoms with Gasteiger partial charge in [-0.15, -0.1) is 11.8 Å². The molecule has 0 unspecified atom stereocenters. The van der Waals surface area contributed by atoms with Crippen molar-refractivity contribution in [1.29, 1.82) is 0 Å². The van der Waals surface area contributed by atoms with Crippen molar-refractivity contribution in [2.24, 2.45) is 0 Å². The number of furan rings is 1. The van der Waals surface area contributed by atoms with Crippen LogP contribution in [0.1, 0.15) is 16.1 Å². The van der Waals surface area contributed by atoms with E-state index in [0.29, 0.717) is 28.5 Å². The monoisotopic (exact) mass is 438 g/mol. The van der Waals surface area contributed by atoms with E-state index in [4.69, 9.17) is 13.9 Å². The Labute approximate surface area is 184 Å². The highest BCUT2D eigenvalue weighted by Gasteiger charge is 2.17. The van der Waals surface area contributed by atoms with E-state index >= 15 is 0 Å². The van der Waals surface area contributed by atoms with Gasteiger partial charge in [0, 0.05) is 22.2 Å². The maximum atomic E-state index is 12.9. The van der Waals surface area contributed by atoms with E-state index in [9.17, 15) is 9.59 Å². The van der Waals surface area contributed by atoms with Gasteiger partial charge in [-0.2, -0.15) is 0 Å². The molecule has 0 aliphatic rings. The smallest absolute Gasteiger partial charge is 0.272 e. The number of amides is 2. The van der Waals surface area contributed by atoms with Crippen LogP contribution < -0.4 is 20.1 Å². The molecule has 7 nitrogen and oxygen atoms in total. The molecule has 0 saturated heterocycles. The number of ether oxygens (including phenoxy) is 2. The van der Waals surface area contributed by atoms with Gasteiger partial charge in [0.05, 0.1) is 20.5 Å². The van der Waals surface area contributed by atoms with Crippen LogP contribution in [-0.4, -0.2) is 32.3 Å². The fourth-order valence-corrected chi connectivity index (χ4v) is 3.20. The summed E-state index contributed by atoms with van der Waals surface area (Å²) in [5.41, 5.74) is 0.951. The number of nitrogens with one attached hydrogen (secondary N) is 2. The fraction of sp³-hybridized carbons (Fsp3) is 0.130. The summed E-state index contributed by atoms with van der Waals surface area (Å²) in [6, 6.07) is 15.5. The lowest BCUT2D eigenvalue weighted by Crippen LogP contribution is -2.30. The Morgan fingerprint density at radius 1 is 1.00 bits per heavy atom. The summed E-state index contributed by atoms with van der Waals surface area (Å²) >= 11 is 1.56. The van der Waals surface area contributed by atoms with Crippen molar-refractivity contribution >= 4 is 35.3 Å². The number of carbonyl (C=O) groups is 2. The highest BCUT2D eigenvalue weighted by Crippen LogP contribution is 2.27. The second-order valence-corrected chi connectivity index (χ2v) is 7.16. The summed E-state index contributed by atoms with van der Waals surface area (Å²) in [6.45, 7) is 0. The zero-order chi connectivity index (χ0) is 22.2. The van der Waals surface area contributed by atoms with Gasteiger partial charge in [-0.25, -0.2) is 0 Å². The minimum atomic E-state index is -0.483. The molecular weight excluding hydrogens is 416 g/mol. The molecule has 0 saturated carbocycles. The molecule has 2 N–H and O–H groups in total. The van der Waals surface area contributed by atoms with Gasteiger partial charge in [0.25, 0.3) is 11.8 Å². The minimum absolute atomic E-state index is 0.0317. The predicted octanol–water partition coefficient (Wildman–Crippen LogP) is 4.43. The van der Waals surface area contributed by atoms with E-state index < -0.39 is 11.8 Å². The largest absolute Gasteiger partial charge is 0.493 e. The van der Waals surface area contributed by atoms with Crippen LogP contribution in [0.4, 0.5) is 5.69 Å². The second kappa shape index (κ2) is 10.4. The normalized spacial score (nSPS) is 11.0. The van der Waals surface area contributed by atoms with Crippen molar-refractivity contribution < 1.29 is 23.5 Å². The molecule has 0 bridgehead atoms. The first-order chi connectivity index (χ1) is 15.0. The topological polar surface area (TPSA) is 89.8 Å². The molecule has 0 atom stereocenters. The maximum Gasteiger partial charge on any atom is 0.272 e. The summed E-state index contributed by atoms with van der Waals surface area (Å²) in [5, 5.41) is 5.46. The molecule has 160 valence electrons. The molecule has 0 fully saturated rings. The summed E-state index contributed by atoms with van der Waals surface area (Å²) in [4.78, 5) is 26.8. The first-order valence-corrected chi connectivity index (χ1v) is 10.5. The highest BCUT2D eigenvalue weighted by molar-refractivity contribution is 7.98. The van der Waals surface area contributed by atoms with Gasteiger partial charge in [0.1, 0.15) is 11.5 Å². The van der Waals surface area contributed by atoms with E-state index in [2.05, 4.69) is 10.6 Å². The Kier molecular flexibility index (Phi) is 7.40. The summed E-state index contributed by atoms with van der Waals surface area (Å²) in [6.07, 6.45) is 4.90. The number of thioether (sulfide) groups is 1. The Bertz CT molecular complexity index is 1090. The first-order valence-electron chi connectivity index (χ1n) is 9.28. The zero-order valence-corrected chi connectivity index (χ0v) is 18.1. The van der Waals surface area contributed by atoms with Crippen molar-refractivity contribution in [3.05, 3.63) is 77.9 Å². The van der Waals surface area contributed by atoms with Crippen molar-refractivity contribution in [2.75, 3.05) is 25.8 Å². The molecule has 0 aliphatic carbocycles. The van der Waals surface area contributed by atoms with E-state index in [-0.39, 0.29) is 5.70 Å². The van der Waals surface area contributed by atoms with Gasteiger partial charge in [-0.3, -0.25) is 9.59 Å². The van der Waals surface area contributed by atoms with E-state index in [0.717, 1.165) is 4.90 Å². The third-order valence-corrected chi connectivity index (χ3v) is 5.02. The van der Waals surface area contributed by atoms with Crippen molar-refractivity contribution in [3.8, 4) is 11.5 Å². The Morgan fingerprint density at radius 2 is 1.81 bits per heavy atom. The lowest BCUT2D eigenvalue weighted by atomic mass is 10.1. The molecule has 31 heavy (non-hydrogen) atoms. The van der Waals surface area contributed by atoms with Crippen LogP contribution in [0, 0.1) is 0 Å². The lowest BCUT2D eigenvalue weighted by molar-refractivity contribution is -0.113. The Morgan fingerprint density at radius 3 is 2.48 bits per heavy atom. The van der Waals surface area contributed by atoms with Gasteiger partial charge in [-0.1, -0.05) is 6.07 Å². The number of hydrogen-bond acceptors (Lipinski definition) is 6. The molecule has 0 radical (unpaired) electrons. The highest BCUT2D eigenvalue weighted by atomic mass is 32.2. The van der Waals surface area contributed by atoms with Gasteiger partial charge >= 0.3 is 0 Å². The molecule has 3 aromatic rings. The number of hydrogen-bond donors (Lipinski definition) is 2. The van der Waals surface area contributed by atoms with Crippen molar-refractivity contribution in [3.63, 3.8) is 0 Å². The molecule has 1 aromatic heterocycles. The zero-order valence-electron chi connectivity index (χ0n) is 17.3. The maximum absolute atomic E-state index is 12.9. The Balaban J connectivity index is 1.85. The molecule has 1 heterocycles. The number of rotatable bonds is 8. The minimum Gasteiger partial charge on any atom is -0.493 e. The average Bonchev–Trinajstić information content (AvgIpc) is 3.31. The third-order valence-electron chi connectivity index (χ3n) is 4.30. The summed E-state index contributed by atoms with van der Waals surface area (Å²) in [5.74, 6) is 0.368. The van der Waals surface area contributed by atoms with Crippen LogP contribution >= 0.6 is 11.8 Å². The SMILES string of the molecule is COc1ccc(C(=O)N/C(=C\c2ccco2)C(=O)Nc2cccc(SC)c2)cc1OC. The van der Waals surface area contributed by atoms with E-state index in [1.165, 1.54) is 26.6 Å². The first kappa shape index (κ1) is 22.0. The molecule has 0 aliphatic heterocycles. The van der Waals surface area contributed by atoms with Gasteiger partial charge in [0.2, 0.25) is 0 Å². The number of anilines is 1. The molecule has 0 spiro atoms. The van der Waals surface area contributed by atoms with E-state index in [1.54, 1.807) is 48.2 Å². The quantitative estimate of drug-likeness (QED) is 0.400. The standard InChI is InChI=1S/C23H22N2O5S/c1-28-20-10-9-15(12-21(20)29-2)22(26)25-19(14-17-7-5-11-30-17)23(27)24-16-6-4-8-18(13-16)31-3/h4-14H,1-3H3,(H,24,27)(H,25,26)/b19-14-. The van der Waals surface area contributed by atoms with Crippen LogP contribution in [0.2, 0.25) is 0 Å². The van der Waals surface area contributed by atoms with Crippen LogP contribution in [0.5, 0.6) is 11.5 Å². The van der Waals surface area contributed by atoms with Gasteiger partial charge < -0.3 is 24.5 Å². The predicted molar refractivity (Wildman–Crippen MR) is 121 cm³/mol. The summed E-state index contributed by atoms with van der Waals surface area (Å²) in [7, 11) is 3.00. The molecule has 8 heteroatoms. The molecule has 2 amide bonds.